The van der Waals surface area contributed by atoms with Crippen LogP contribution in [-0.2, 0) is 4.74 Å². The summed E-state index contributed by atoms with van der Waals surface area (Å²) in [5.41, 5.74) is 1.23. The molecular formula is C9H9ClO. The smallest absolute Gasteiger partial charge is 0.110 e. The zero-order valence-corrected chi connectivity index (χ0v) is 6.79. The lowest BCUT2D eigenvalue weighted by atomic mass is 10.1. The first-order valence-corrected chi connectivity index (χ1v) is 4.21. The number of rotatable bonds is 2. The highest BCUT2D eigenvalue weighted by Crippen LogP contribution is 2.38. The molecule has 1 nitrogen and oxygen atoms in total. The third-order valence-electron chi connectivity index (χ3n) is 1.86. The summed E-state index contributed by atoms with van der Waals surface area (Å²) in [6.45, 7) is 0. The van der Waals surface area contributed by atoms with Gasteiger partial charge in [0.2, 0.25) is 0 Å². The minimum atomic E-state index is 0.249. The molecule has 1 aliphatic heterocycles. The molecule has 0 spiro atoms. The molecule has 2 rings (SSSR count). The minimum Gasteiger partial charge on any atom is -0.363 e. The standard InChI is InChI=1S/C9H9ClO/c10-6-8-9(11-8)7-4-2-1-3-5-7/h1-5,8-9H,6H2/t8-,9+/m1/s1. The van der Waals surface area contributed by atoms with Crippen LogP contribution in [0.5, 0.6) is 0 Å². The van der Waals surface area contributed by atoms with Gasteiger partial charge in [-0.15, -0.1) is 11.6 Å². The van der Waals surface area contributed by atoms with E-state index in [1.165, 1.54) is 5.56 Å². The second-order valence-corrected chi connectivity index (χ2v) is 2.97. The fourth-order valence-corrected chi connectivity index (χ4v) is 1.43. The molecule has 0 N–H and O–H groups in total. The van der Waals surface area contributed by atoms with Crippen LogP contribution in [0.2, 0.25) is 0 Å². The van der Waals surface area contributed by atoms with Crippen LogP contribution >= 0.6 is 11.6 Å². The van der Waals surface area contributed by atoms with E-state index in [9.17, 15) is 0 Å². The Balaban J connectivity index is 2.09. The molecule has 1 saturated heterocycles. The van der Waals surface area contributed by atoms with E-state index < -0.39 is 0 Å². The number of ether oxygens (including phenoxy) is 1. The lowest BCUT2D eigenvalue weighted by molar-refractivity contribution is 0.384. The molecule has 58 valence electrons. The summed E-state index contributed by atoms with van der Waals surface area (Å²) in [6.07, 6.45) is 0.507. The normalized spacial score (nSPS) is 28.5. The Labute approximate surface area is 70.9 Å². The first kappa shape index (κ1) is 7.14. The summed E-state index contributed by atoms with van der Waals surface area (Å²) in [5.74, 6) is 0.597. The van der Waals surface area contributed by atoms with Crippen LogP contribution < -0.4 is 0 Å². The Bertz CT molecular complexity index is 235. The second-order valence-electron chi connectivity index (χ2n) is 2.66. The third-order valence-corrected chi connectivity index (χ3v) is 2.17. The van der Waals surface area contributed by atoms with Gasteiger partial charge in [-0.25, -0.2) is 0 Å². The highest BCUT2D eigenvalue weighted by Gasteiger charge is 2.38. The molecule has 0 saturated carbocycles. The van der Waals surface area contributed by atoms with Gasteiger partial charge in [0.15, 0.2) is 0 Å². The van der Waals surface area contributed by atoms with Gasteiger partial charge in [-0.3, -0.25) is 0 Å². The Morgan fingerprint density at radius 2 is 2.00 bits per heavy atom. The van der Waals surface area contributed by atoms with Gasteiger partial charge in [0.25, 0.3) is 0 Å². The largest absolute Gasteiger partial charge is 0.363 e. The van der Waals surface area contributed by atoms with Crippen molar-refractivity contribution < 1.29 is 4.74 Å². The molecule has 1 heterocycles. The molecule has 2 heteroatoms. The number of epoxide rings is 1. The summed E-state index contributed by atoms with van der Waals surface area (Å²) >= 11 is 5.62. The van der Waals surface area contributed by atoms with Crippen molar-refractivity contribution in [2.75, 3.05) is 5.88 Å². The minimum absolute atomic E-state index is 0.249. The van der Waals surface area contributed by atoms with Crippen LogP contribution in [0.15, 0.2) is 30.3 Å². The summed E-state index contributed by atoms with van der Waals surface area (Å²) in [6, 6.07) is 10.2. The molecule has 0 aromatic heterocycles. The quantitative estimate of drug-likeness (QED) is 0.488. The number of alkyl halides is 1. The number of halogens is 1. The van der Waals surface area contributed by atoms with Crippen LogP contribution in [-0.4, -0.2) is 12.0 Å². The van der Waals surface area contributed by atoms with E-state index >= 15 is 0 Å². The fourth-order valence-electron chi connectivity index (χ4n) is 1.20. The summed E-state index contributed by atoms with van der Waals surface area (Å²) in [7, 11) is 0. The molecular weight excluding hydrogens is 160 g/mol. The Hall–Kier alpha value is -0.530. The predicted octanol–water partition coefficient (Wildman–Crippen LogP) is 2.37. The van der Waals surface area contributed by atoms with Gasteiger partial charge < -0.3 is 4.74 Å². The average Bonchev–Trinajstić information content (AvgIpc) is 2.85. The van der Waals surface area contributed by atoms with E-state index in [0.717, 1.165) is 0 Å². The summed E-state index contributed by atoms with van der Waals surface area (Å²) in [4.78, 5) is 0. The Morgan fingerprint density at radius 3 is 2.55 bits per heavy atom. The van der Waals surface area contributed by atoms with Gasteiger partial charge in [-0.2, -0.15) is 0 Å². The van der Waals surface area contributed by atoms with Crippen molar-refractivity contribution in [2.45, 2.75) is 12.2 Å². The summed E-state index contributed by atoms with van der Waals surface area (Å²) < 4.78 is 5.32. The van der Waals surface area contributed by atoms with Crippen LogP contribution in [0.1, 0.15) is 11.7 Å². The second kappa shape index (κ2) is 2.84. The van der Waals surface area contributed by atoms with Crippen molar-refractivity contribution in [1.82, 2.24) is 0 Å². The van der Waals surface area contributed by atoms with Gasteiger partial charge in [-0.05, 0) is 5.56 Å². The number of benzene rings is 1. The monoisotopic (exact) mass is 168 g/mol. The van der Waals surface area contributed by atoms with Crippen LogP contribution in [0.3, 0.4) is 0 Å². The molecule has 1 fully saturated rings. The molecule has 0 bridgehead atoms. The maximum Gasteiger partial charge on any atom is 0.110 e. The van der Waals surface area contributed by atoms with Crippen LogP contribution in [0.25, 0.3) is 0 Å². The summed E-state index contributed by atoms with van der Waals surface area (Å²) in [5, 5.41) is 0. The van der Waals surface area contributed by atoms with Gasteiger partial charge in [-0.1, -0.05) is 30.3 Å². The first-order valence-electron chi connectivity index (χ1n) is 3.68. The van der Waals surface area contributed by atoms with Crippen molar-refractivity contribution in [3.8, 4) is 0 Å². The maximum absolute atomic E-state index is 5.62. The van der Waals surface area contributed by atoms with Gasteiger partial charge in [0, 0.05) is 0 Å². The van der Waals surface area contributed by atoms with Crippen molar-refractivity contribution in [3.05, 3.63) is 35.9 Å². The lowest BCUT2D eigenvalue weighted by Gasteiger charge is -1.91. The van der Waals surface area contributed by atoms with Gasteiger partial charge >= 0.3 is 0 Å². The van der Waals surface area contributed by atoms with E-state index in [1.54, 1.807) is 0 Å². The Morgan fingerprint density at radius 1 is 1.27 bits per heavy atom. The molecule has 0 amide bonds. The molecule has 1 aliphatic rings. The molecule has 2 atom stereocenters. The van der Waals surface area contributed by atoms with E-state index in [1.807, 2.05) is 18.2 Å². The van der Waals surface area contributed by atoms with Crippen LogP contribution in [0.4, 0.5) is 0 Å². The third kappa shape index (κ3) is 1.39. The van der Waals surface area contributed by atoms with E-state index in [4.69, 9.17) is 16.3 Å². The topological polar surface area (TPSA) is 12.5 Å². The molecule has 1 aromatic carbocycles. The van der Waals surface area contributed by atoms with Crippen molar-refractivity contribution in [1.29, 1.82) is 0 Å². The molecule has 0 aliphatic carbocycles. The molecule has 0 radical (unpaired) electrons. The highest BCUT2D eigenvalue weighted by atomic mass is 35.5. The lowest BCUT2D eigenvalue weighted by Crippen LogP contribution is -1.88. The maximum atomic E-state index is 5.62. The zero-order chi connectivity index (χ0) is 7.68. The van der Waals surface area contributed by atoms with Crippen LogP contribution in [0, 0.1) is 0 Å². The predicted molar refractivity (Wildman–Crippen MR) is 44.8 cm³/mol. The van der Waals surface area contributed by atoms with E-state index in [2.05, 4.69) is 12.1 Å². The van der Waals surface area contributed by atoms with E-state index in [0.29, 0.717) is 5.88 Å². The first-order chi connectivity index (χ1) is 5.42. The molecule has 0 unspecified atom stereocenters. The highest BCUT2D eigenvalue weighted by molar-refractivity contribution is 6.18. The van der Waals surface area contributed by atoms with Gasteiger partial charge in [0.05, 0.1) is 5.88 Å². The van der Waals surface area contributed by atoms with E-state index in [-0.39, 0.29) is 12.2 Å². The van der Waals surface area contributed by atoms with Crippen molar-refractivity contribution in [2.24, 2.45) is 0 Å². The fraction of sp³-hybridized carbons (Fsp3) is 0.333. The molecule has 1 aromatic rings. The average molecular weight is 169 g/mol. The van der Waals surface area contributed by atoms with Gasteiger partial charge in [0.1, 0.15) is 12.2 Å². The number of hydrogen-bond donors (Lipinski definition) is 0. The molecule has 11 heavy (non-hydrogen) atoms. The SMILES string of the molecule is ClC[C@H]1O[C@H]1c1ccccc1. The number of hydrogen-bond acceptors (Lipinski definition) is 1. The zero-order valence-electron chi connectivity index (χ0n) is 6.03. The van der Waals surface area contributed by atoms with Crippen molar-refractivity contribution in [3.63, 3.8) is 0 Å². The van der Waals surface area contributed by atoms with Crippen molar-refractivity contribution >= 4 is 11.6 Å². The Kier molecular flexibility index (Phi) is 1.84.